The van der Waals surface area contributed by atoms with Crippen molar-refractivity contribution in [1.82, 2.24) is 14.8 Å². The second-order valence-electron chi connectivity index (χ2n) is 11.7. The third-order valence-electron chi connectivity index (χ3n) is 8.41. The highest BCUT2D eigenvalue weighted by molar-refractivity contribution is 5.96. The van der Waals surface area contributed by atoms with E-state index in [1.165, 1.54) is 24.8 Å². The number of aryl methyl sites for hydroxylation is 1. The number of methoxy groups -OCH3 is 3. The van der Waals surface area contributed by atoms with Crippen molar-refractivity contribution in [2.45, 2.75) is 58.4 Å². The van der Waals surface area contributed by atoms with Gasteiger partial charge in [-0.2, -0.15) is 0 Å². The summed E-state index contributed by atoms with van der Waals surface area (Å²) in [5.41, 5.74) is 4.94. The van der Waals surface area contributed by atoms with E-state index in [0.717, 1.165) is 34.9 Å². The van der Waals surface area contributed by atoms with E-state index in [-0.39, 0.29) is 18.4 Å². The van der Waals surface area contributed by atoms with Crippen LogP contribution < -0.4 is 9.47 Å². The lowest BCUT2D eigenvalue weighted by molar-refractivity contribution is -0.132. The number of fused-ring (bicyclic) bond motifs is 1. The Morgan fingerprint density at radius 3 is 2.26 bits per heavy atom. The first-order valence-corrected chi connectivity index (χ1v) is 16.4. The molecule has 0 saturated carbocycles. The van der Waals surface area contributed by atoms with Crippen molar-refractivity contribution in [3.05, 3.63) is 95.2 Å². The first kappa shape index (κ1) is 34.6. The Hall–Kier alpha value is -4.30. The molecule has 246 valence electrons. The Morgan fingerprint density at radius 2 is 1.52 bits per heavy atom. The number of hydrogen-bond acceptors (Lipinski definition) is 5. The highest BCUT2D eigenvalue weighted by atomic mass is 16.5. The number of para-hydroxylation sites is 1. The lowest BCUT2D eigenvalue weighted by Crippen LogP contribution is -2.44. The number of amides is 2. The van der Waals surface area contributed by atoms with Gasteiger partial charge in [0, 0.05) is 56.0 Å². The average Bonchev–Trinajstić information content (AvgIpc) is 3.51. The summed E-state index contributed by atoms with van der Waals surface area (Å²) in [6.45, 7) is 3.97. The Bertz CT molecular complexity index is 1530. The summed E-state index contributed by atoms with van der Waals surface area (Å²) < 4.78 is 16.2. The quantitative estimate of drug-likeness (QED) is 0.113. The number of aromatic nitrogens is 1. The van der Waals surface area contributed by atoms with Crippen LogP contribution in [0.2, 0.25) is 0 Å². The molecule has 2 amide bonds. The molecule has 0 atom stereocenters. The molecule has 46 heavy (non-hydrogen) atoms. The maximum Gasteiger partial charge on any atom is 0.254 e. The van der Waals surface area contributed by atoms with Crippen LogP contribution in [-0.4, -0.2) is 74.2 Å². The number of nitrogens with zero attached hydrogens (tertiary/aromatic N) is 2. The lowest BCUT2D eigenvalue weighted by Gasteiger charge is -2.28. The fourth-order valence-electron chi connectivity index (χ4n) is 5.75. The van der Waals surface area contributed by atoms with E-state index in [1.54, 1.807) is 26.2 Å². The van der Waals surface area contributed by atoms with Crippen LogP contribution in [-0.2, 0) is 28.9 Å². The van der Waals surface area contributed by atoms with Crippen LogP contribution in [0, 0.1) is 0 Å². The fourth-order valence-corrected chi connectivity index (χ4v) is 5.75. The molecule has 4 aromatic rings. The number of benzene rings is 3. The minimum atomic E-state index is -0.148. The molecule has 1 heterocycles. The Balaban J connectivity index is 1.53. The summed E-state index contributed by atoms with van der Waals surface area (Å²) in [6, 6.07) is 21.7. The topological polar surface area (TPSA) is 84.1 Å². The number of H-pyrrole nitrogens is 1. The van der Waals surface area contributed by atoms with Gasteiger partial charge in [0.25, 0.3) is 5.91 Å². The number of carbonyl (C=O) groups excluding carboxylic acids is 2. The molecule has 3 aromatic carbocycles. The van der Waals surface area contributed by atoms with Crippen LogP contribution in [0.5, 0.6) is 11.5 Å². The Morgan fingerprint density at radius 1 is 0.761 bits per heavy atom. The normalized spacial score (nSPS) is 11.0. The van der Waals surface area contributed by atoms with E-state index in [1.807, 2.05) is 71.8 Å². The van der Waals surface area contributed by atoms with E-state index in [9.17, 15) is 9.59 Å². The molecule has 1 N–H and O–H groups in total. The van der Waals surface area contributed by atoms with Crippen molar-refractivity contribution in [2.75, 3.05) is 47.6 Å². The molecule has 0 fully saturated rings. The largest absolute Gasteiger partial charge is 0.493 e. The number of rotatable bonds is 19. The number of aromatic amines is 1. The summed E-state index contributed by atoms with van der Waals surface area (Å²) in [7, 11) is 4.85. The summed E-state index contributed by atoms with van der Waals surface area (Å²) in [6.07, 6.45) is 9.13. The fraction of sp³-hybridized carbons (Fsp3) is 0.421. The van der Waals surface area contributed by atoms with Gasteiger partial charge in [0.1, 0.15) is 6.54 Å². The number of unbranched alkanes of at least 4 members (excludes halogenated alkanes) is 3. The zero-order chi connectivity index (χ0) is 32.7. The van der Waals surface area contributed by atoms with E-state index >= 15 is 0 Å². The molecular formula is C38H49N3O5. The molecule has 0 radical (unpaired) electrons. The molecule has 4 rings (SSSR count). The van der Waals surface area contributed by atoms with E-state index in [2.05, 4.69) is 18.0 Å². The zero-order valence-corrected chi connectivity index (χ0v) is 27.8. The molecular weight excluding hydrogens is 578 g/mol. The van der Waals surface area contributed by atoms with Gasteiger partial charge in [-0.05, 0) is 72.7 Å². The van der Waals surface area contributed by atoms with Gasteiger partial charge in [0.05, 0.1) is 14.2 Å². The number of ether oxygens (including phenoxy) is 3. The predicted octanol–water partition coefficient (Wildman–Crippen LogP) is 7.06. The third-order valence-corrected chi connectivity index (χ3v) is 8.41. The maximum absolute atomic E-state index is 14.1. The lowest BCUT2D eigenvalue weighted by atomic mass is 10.0. The summed E-state index contributed by atoms with van der Waals surface area (Å²) >= 11 is 0. The molecule has 0 aliphatic carbocycles. The maximum atomic E-state index is 14.1. The van der Waals surface area contributed by atoms with Crippen molar-refractivity contribution < 1.29 is 23.8 Å². The SMILES string of the molecule is CCCCCCc1ccc(C(=O)N(CCCOC)CC(=O)N(CCc2c[nH]c3ccccc23)Cc2ccc(OC)c(OC)c2)cc1. The monoisotopic (exact) mass is 627 g/mol. The van der Waals surface area contributed by atoms with Gasteiger partial charge in [-0.3, -0.25) is 9.59 Å². The molecule has 8 nitrogen and oxygen atoms in total. The number of hydrogen-bond donors (Lipinski definition) is 1. The van der Waals surface area contributed by atoms with Gasteiger partial charge in [-0.15, -0.1) is 0 Å². The highest BCUT2D eigenvalue weighted by Gasteiger charge is 2.23. The van der Waals surface area contributed by atoms with Crippen LogP contribution in [0.3, 0.4) is 0 Å². The minimum absolute atomic E-state index is 0.0253. The molecule has 0 aliphatic heterocycles. The number of carbonyl (C=O) groups is 2. The molecule has 1 aromatic heterocycles. The van der Waals surface area contributed by atoms with Crippen LogP contribution in [0.4, 0.5) is 0 Å². The van der Waals surface area contributed by atoms with E-state index < -0.39 is 0 Å². The van der Waals surface area contributed by atoms with Gasteiger partial charge in [-0.1, -0.05) is 62.6 Å². The second-order valence-corrected chi connectivity index (χ2v) is 11.7. The highest BCUT2D eigenvalue weighted by Crippen LogP contribution is 2.28. The van der Waals surface area contributed by atoms with Gasteiger partial charge in [-0.25, -0.2) is 0 Å². The van der Waals surface area contributed by atoms with Gasteiger partial charge >= 0.3 is 0 Å². The standard InChI is InChI=1S/C38H49N3O5/c1-5-6-7-8-12-29-15-18-31(19-16-29)38(43)41(22-11-24-44-2)28-37(42)40(27-30-17-20-35(45-3)36(25-30)46-4)23-21-32-26-39-34-14-10-9-13-33(32)34/h9-10,13-20,25-26,39H,5-8,11-12,21-24,27-28H2,1-4H3. The van der Waals surface area contributed by atoms with Crippen molar-refractivity contribution in [3.8, 4) is 11.5 Å². The first-order valence-electron chi connectivity index (χ1n) is 16.4. The summed E-state index contributed by atoms with van der Waals surface area (Å²) in [4.78, 5) is 34.7. The smallest absolute Gasteiger partial charge is 0.254 e. The van der Waals surface area contributed by atoms with Gasteiger partial charge in [0.2, 0.25) is 5.91 Å². The van der Waals surface area contributed by atoms with E-state index in [4.69, 9.17) is 14.2 Å². The van der Waals surface area contributed by atoms with Crippen molar-refractivity contribution in [1.29, 1.82) is 0 Å². The van der Waals surface area contributed by atoms with Crippen LogP contribution in [0.25, 0.3) is 10.9 Å². The zero-order valence-electron chi connectivity index (χ0n) is 27.8. The average molecular weight is 628 g/mol. The van der Waals surface area contributed by atoms with Crippen molar-refractivity contribution in [2.24, 2.45) is 0 Å². The molecule has 0 bridgehead atoms. The molecule has 0 spiro atoms. The Labute approximate surface area is 273 Å². The summed E-state index contributed by atoms with van der Waals surface area (Å²) in [5, 5.41) is 1.14. The Kier molecular flexibility index (Phi) is 13.5. The van der Waals surface area contributed by atoms with Crippen molar-refractivity contribution >= 4 is 22.7 Å². The van der Waals surface area contributed by atoms with Crippen LogP contribution in [0.1, 0.15) is 66.1 Å². The van der Waals surface area contributed by atoms with Gasteiger partial charge < -0.3 is 29.0 Å². The first-order chi connectivity index (χ1) is 22.5. The number of nitrogens with one attached hydrogen (secondary N) is 1. The van der Waals surface area contributed by atoms with Crippen LogP contribution in [0.15, 0.2) is 72.9 Å². The van der Waals surface area contributed by atoms with Crippen molar-refractivity contribution in [3.63, 3.8) is 0 Å². The molecule has 8 heteroatoms. The van der Waals surface area contributed by atoms with Crippen LogP contribution >= 0.6 is 0 Å². The molecule has 0 aliphatic rings. The molecule has 0 unspecified atom stereocenters. The predicted molar refractivity (Wildman–Crippen MR) is 184 cm³/mol. The van der Waals surface area contributed by atoms with E-state index in [0.29, 0.717) is 56.1 Å². The summed E-state index contributed by atoms with van der Waals surface area (Å²) in [5.74, 6) is 0.969. The minimum Gasteiger partial charge on any atom is -0.493 e. The third kappa shape index (κ3) is 9.60. The van der Waals surface area contributed by atoms with Gasteiger partial charge in [0.15, 0.2) is 11.5 Å². The second kappa shape index (κ2) is 18.0. The molecule has 0 saturated heterocycles.